The van der Waals surface area contributed by atoms with E-state index >= 15 is 0 Å². The van der Waals surface area contributed by atoms with Crippen LogP contribution in [0.3, 0.4) is 0 Å². The van der Waals surface area contributed by atoms with Gasteiger partial charge >= 0.3 is 0 Å². The number of carbonyl (C=O) groups is 2. The van der Waals surface area contributed by atoms with Crippen LogP contribution in [0.15, 0.2) is 24.3 Å². The van der Waals surface area contributed by atoms with Crippen molar-refractivity contribution in [3.63, 3.8) is 0 Å². The van der Waals surface area contributed by atoms with Crippen LogP contribution in [0.5, 0.6) is 0 Å². The lowest BCUT2D eigenvalue weighted by atomic mass is 9.49. The summed E-state index contributed by atoms with van der Waals surface area (Å²) in [4.78, 5) is 28.5. The topological polar surface area (TPSA) is 49.4 Å². The molecule has 1 heterocycles. The van der Waals surface area contributed by atoms with Crippen molar-refractivity contribution in [2.45, 2.75) is 64.0 Å². The molecular weight excluding hydrogens is 372 g/mol. The summed E-state index contributed by atoms with van der Waals surface area (Å²) in [7, 11) is 0. The molecule has 6 rings (SSSR count). The number of rotatable bonds is 4. The minimum atomic E-state index is -0.317. The average Bonchev–Trinajstić information content (AvgIpc) is 3.15. The second-order valence-electron chi connectivity index (χ2n) is 9.66. The molecule has 1 aromatic rings. The predicted octanol–water partition coefficient (Wildman–Crippen LogP) is 4.16. The minimum Gasteiger partial charge on any atom is -0.350 e. The number of carbonyl (C=O) groups excluding carboxylic acids is 2. The van der Waals surface area contributed by atoms with Crippen molar-refractivity contribution in [2.24, 2.45) is 23.2 Å². The van der Waals surface area contributed by atoms with E-state index in [-0.39, 0.29) is 23.3 Å². The van der Waals surface area contributed by atoms with Crippen molar-refractivity contribution >= 4 is 23.4 Å². The third kappa shape index (κ3) is 3.14. The Labute approximate surface area is 172 Å². The summed E-state index contributed by atoms with van der Waals surface area (Å²) in [6.45, 7) is 1.14. The van der Waals surface area contributed by atoms with Gasteiger partial charge in [-0.05, 0) is 80.8 Å². The molecule has 1 atom stereocenters. The molecule has 4 nitrogen and oxygen atoms in total. The Bertz CT molecular complexity index is 757. The number of amides is 2. The Morgan fingerprint density at radius 3 is 2.36 bits per heavy atom. The van der Waals surface area contributed by atoms with Crippen LogP contribution in [-0.2, 0) is 16.1 Å². The molecule has 1 unspecified atom stereocenters. The van der Waals surface area contributed by atoms with Gasteiger partial charge in [-0.1, -0.05) is 29.8 Å². The molecule has 5 fully saturated rings. The number of nitrogens with zero attached hydrogens (tertiary/aromatic N) is 1. The molecule has 1 aliphatic heterocycles. The molecule has 150 valence electrons. The number of likely N-dealkylation sites (tertiary alicyclic amines) is 1. The van der Waals surface area contributed by atoms with Crippen LogP contribution in [0.25, 0.3) is 0 Å². The molecule has 5 heteroatoms. The van der Waals surface area contributed by atoms with Crippen LogP contribution in [0.2, 0.25) is 5.02 Å². The van der Waals surface area contributed by atoms with Gasteiger partial charge in [-0.2, -0.15) is 0 Å². The van der Waals surface area contributed by atoms with Gasteiger partial charge in [-0.15, -0.1) is 0 Å². The first-order chi connectivity index (χ1) is 13.5. The molecule has 0 aromatic heterocycles. The number of hydrogen-bond acceptors (Lipinski definition) is 2. The van der Waals surface area contributed by atoms with Crippen LogP contribution in [0.1, 0.15) is 56.9 Å². The van der Waals surface area contributed by atoms with Gasteiger partial charge in [-0.25, -0.2) is 0 Å². The molecule has 1 N–H and O–H groups in total. The average molecular weight is 401 g/mol. The summed E-state index contributed by atoms with van der Waals surface area (Å²) < 4.78 is 0. The molecule has 5 aliphatic rings. The summed E-state index contributed by atoms with van der Waals surface area (Å²) >= 11 is 6.21. The lowest BCUT2D eigenvalue weighted by Gasteiger charge is -2.56. The fourth-order valence-corrected chi connectivity index (χ4v) is 7.10. The molecule has 0 radical (unpaired) electrons. The zero-order chi connectivity index (χ0) is 19.3. The van der Waals surface area contributed by atoms with Gasteiger partial charge < -0.3 is 10.2 Å². The summed E-state index contributed by atoms with van der Waals surface area (Å²) in [5, 5.41) is 3.69. The third-order valence-corrected chi connectivity index (χ3v) is 8.09. The van der Waals surface area contributed by atoms with Crippen molar-refractivity contribution in [1.29, 1.82) is 0 Å². The first-order valence-electron chi connectivity index (χ1n) is 10.9. The van der Waals surface area contributed by atoms with Crippen molar-refractivity contribution in [3.8, 4) is 0 Å². The largest absolute Gasteiger partial charge is 0.350 e. The maximum atomic E-state index is 13.7. The van der Waals surface area contributed by atoms with Crippen molar-refractivity contribution in [2.75, 3.05) is 6.54 Å². The Morgan fingerprint density at radius 2 is 1.71 bits per heavy atom. The maximum Gasteiger partial charge on any atom is 0.243 e. The Kier molecular flexibility index (Phi) is 4.65. The zero-order valence-electron chi connectivity index (χ0n) is 16.3. The van der Waals surface area contributed by atoms with Gasteiger partial charge in [0.2, 0.25) is 11.8 Å². The molecule has 0 spiro atoms. The standard InChI is InChI=1S/C23H29ClN2O2/c24-19-5-2-1-4-18(19)14-25-21(27)20-6-3-7-26(20)22(28)23-11-15-8-16(12-23)10-17(9-15)13-23/h1-2,4-5,15-17,20H,3,6-14H2,(H,25,27). The van der Waals surface area contributed by atoms with Crippen LogP contribution >= 0.6 is 11.6 Å². The molecule has 2 amide bonds. The van der Waals surface area contributed by atoms with Crippen molar-refractivity contribution < 1.29 is 9.59 Å². The number of benzene rings is 1. The van der Waals surface area contributed by atoms with Gasteiger partial charge in [0, 0.05) is 18.1 Å². The summed E-state index contributed by atoms with van der Waals surface area (Å²) in [5.74, 6) is 2.47. The normalized spacial score (nSPS) is 36.0. The first kappa shape index (κ1) is 18.5. The lowest BCUT2D eigenvalue weighted by Crippen LogP contribution is -2.57. The molecule has 28 heavy (non-hydrogen) atoms. The van der Waals surface area contributed by atoms with E-state index in [1.807, 2.05) is 29.2 Å². The Hall–Kier alpha value is -1.55. The smallest absolute Gasteiger partial charge is 0.243 e. The summed E-state index contributed by atoms with van der Waals surface area (Å²) in [5.41, 5.74) is 0.745. The summed E-state index contributed by atoms with van der Waals surface area (Å²) in [6, 6.07) is 7.25. The highest BCUT2D eigenvalue weighted by Gasteiger charge is 2.56. The van der Waals surface area contributed by atoms with Crippen LogP contribution < -0.4 is 5.32 Å². The predicted molar refractivity (Wildman–Crippen MR) is 109 cm³/mol. The second-order valence-corrected chi connectivity index (χ2v) is 10.1. The SMILES string of the molecule is O=C(NCc1ccccc1Cl)C1CCCN1C(=O)C12CC3CC(CC(C3)C1)C2. The van der Waals surface area contributed by atoms with E-state index in [4.69, 9.17) is 11.6 Å². The number of nitrogens with one attached hydrogen (secondary N) is 1. The van der Waals surface area contributed by atoms with Gasteiger partial charge in [0.1, 0.15) is 6.04 Å². The molecule has 4 saturated carbocycles. The van der Waals surface area contributed by atoms with Crippen LogP contribution in [0, 0.1) is 23.2 Å². The van der Waals surface area contributed by atoms with Gasteiger partial charge in [-0.3, -0.25) is 9.59 Å². The van der Waals surface area contributed by atoms with Gasteiger partial charge in [0.25, 0.3) is 0 Å². The highest BCUT2D eigenvalue weighted by molar-refractivity contribution is 6.31. The van der Waals surface area contributed by atoms with E-state index in [9.17, 15) is 9.59 Å². The summed E-state index contributed by atoms with van der Waals surface area (Å²) in [6.07, 6.45) is 8.85. The van der Waals surface area contributed by atoms with Crippen molar-refractivity contribution in [3.05, 3.63) is 34.9 Å². The second kappa shape index (κ2) is 7.05. The zero-order valence-corrected chi connectivity index (χ0v) is 17.1. The quantitative estimate of drug-likeness (QED) is 0.824. The highest BCUT2D eigenvalue weighted by Crippen LogP contribution is 2.60. The fraction of sp³-hybridized carbons (Fsp3) is 0.652. The molecule has 4 aliphatic carbocycles. The Balaban J connectivity index is 1.28. The van der Waals surface area contributed by atoms with E-state index in [0.717, 1.165) is 62.0 Å². The monoisotopic (exact) mass is 400 g/mol. The van der Waals surface area contributed by atoms with E-state index in [0.29, 0.717) is 11.6 Å². The number of halogens is 1. The maximum absolute atomic E-state index is 13.7. The highest BCUT2D eigenvalue weighted by atomic mass is 35.5. The Morgan fingerprint density at radius 1 is 1.07 bits per heavy atom. The van der Waals surface area contributed by atoms with E-state index < -0.39 is 0 Å². The van der Waals surface area contributed by atoms with Gasteiger partial charge in [0.15, 0.2) is 0 Å². The molecular formula is C23H29ClN2O2. The lowest BCUT2D eigenvalue weighted by molar-refractivity contribution is -0.160. The van der Waals surface area contributed by atoms with E-state index in [2.05, 4.69) is 5.32 Å². The van der Waals surface area contributed by atoms with Crippen LogP contribution in [-0.4, -0.2) is 29.3 Å². The molecule has 4 bridgehead atoms. The minimum absolute atomic E-state index is 0.0319. The molecule has 1 saturated heterocycles. The van der Waals surface area contributed by atoms with Gasteiger partial charge in [0.05, 0.1) is 5.41 Å². The van der Waals surface area contributed by atoms with Crippen LogP contribution in [0.4, 0.5) is 0 Å². The fourth-order valence-electron chi connectivity index (χ4n) is 6.90. The van der Waals surface area contributed by atoms with E-state index in [1.54, 1.807) is 0 Å². The van der Waals surface area contributed by atoms with E-state index in [1.165, 1.54) is 19.3 Å². The first-order valence-corrected chi connectivity index (χ1v) is 11.2. The third-order valence-electron chi connectivity index (χ3n) is 7.72. The number of hydrogen-bond donors (Lipinski definition) is 1. The van der Waals surface area contributed by atoms with Crippen molar-refractivity contribution in [1.82, 2.24) is 10.2 Å². The molecule has 1 aromatic carbocycles.